The van der Waals surface area contributed by atoms with Crippen LogP contribution in [0, 0.1) is 16.3 Å². The molecule has 0 radical (unpaired) electrons. The lowest BCUT2D eigenvalue weighted by molar-refractivity contribution is 0.410. The molecule has 1 aromatic heterocycles. The van der Waals surface area contributed by atoms with Crippen molar-refractivity contribution < 1.29 is 13.5 Å². The number of benzene rings is 1. The number of aromatic nitrogens is 2. The summed E-state index contributed by atoms with van der Waals surface area (Å²) in [6.07, 6.45) is 1.27. The molecule has 0 aliphatic heterocycles. The first-order valence-corrected chi connectivity index (χ1v) is 5.12. The molecule has 1 heterocycles. The molecule has 0 saturated heterocycles. The van der Waals surface area contributed by atoms with Gasteiger partial charge in [-0.3, -0.25) is 0 Å². The fraction of sp³-hybridized carbons (Fsp3) is 0.0909. The number of rotatable bonds is 2. The monoisotopic (exact) mass is 254 g/mol. The predicted molar refractivity (Wildman–Crippen MR) is 61.3 cm³/mol. The van der Waals surface area contributed by atoms with Crippen LogP contribution in [0.2, 0.25) is 0 Å². The minimum atomic E-state index is -0.694. The van der Waals surface area contributed by atoms with Crippen molar-refractivity contribution in [3.05, 3.63) is 40.8 Å². The van der Waals surface area contributed by atoms with Crippen molar-refractivity contribution in [1.82, 2.24) is 9.97 Å². The third-order valence-corrected chi connectivity index (χ3v) is 2.52. The molecule has 0 unspecified atom stereocenters. The van der Waals surface area contributed by atoms with E-state index in [2.05, 4.69) is 9.97 Å². The maximum atomic E-state index is 13.6. The highest BCUT2D eigenvalue weighted by atomic mass is 32.1. The molecule has 0 atom stereocenters. The van der Waals surface area contributed by atoms with Crippen molar-refractivity contribution in [1.29, 1.82) is 0 Å². The Kier molecular flexibility index (Phi) is 3.14. The van der Waals surface area contributed by atoms with Gasteiger partial charge in [-0.05, 0) is 12.1 Å². The zero-order valence-corrected chi connectivity index (χ0v) is 9.65. The van der Waals surface area contributed by atoms with E-state index in [4.69, 9.17) is 17.0 Å². The standard InChI is InChI=1S/C11H8F2N2OS/c1-16-10-9(14-5-15-11(10)17)8-6(12)3-2-4-7(8)13/h2-5H,1H3,(H,14,15,17). The molecule has 0 aliphatic rings. The van der Waals surface area contributed by atoms with Gasteiger partial charge in [-0.25, -0.2) is 13.8 Å². The molecule has 0 saturated carbocycles. The van der Waals surface area contributed by atoms with Crippen LogP contribution >= 0.6 is 12.2 Å². The topological polar surface area (TPSA) is 37.9 Å². The Balaban J connectivity index is 2.77. The van der Waals surface area contributed by atoms with Gasteiger partial charge in [0.1, 0.15) is 11.6 Å². The Morgan fingerprint density at radius 1 is 1.29 bits per heavy atom. The molecule has 1 N–H and O–H groups in total. The molecule has 3 nitrogen and oxygen atoms in total. The average Bonchev–Trinajstić information content (AvgIpc) is 2.29. The summed E-state index contributed by atoms with van der Waals surface area (Å²) in [6.45, 7) is 0. The normalized spacial score (nSPS) is 10.3. The van der Waals surface area contributed by atoms with Crippen LogP contribution in [0.5, 0.6) is 5.75 Å². The van der Waals surface area contributed by atoms with E-state index in [0.717, 1.165) is 12.1 Å². The summed E-state index contributed by atoms with van der Waals surface area (Å²) in [5.41, 5.74) is -0.0686. The van der Waals surface area contributed by atoms with E-state index in [0.29, 0.717) is 0 Å². The largest absolute Gasteiger partial charge is 0.491 e. The van der Waals surface area contributed by atoms with E-state index < -0.39 is 11.6 Å². The van der Waals surface area contributed by atoms with Gasteiger partial charge in [0.2, 0.25) is 0 Å². The molecule has 2 rings (SSSR count). The predicted octanol–water partition coefficient (Wildman–Crippen LogP) is 3.09. The molecule has 88 valence electrons. The molecule has 17 heavy (non-hydrogen) atoms. The number of nitrogens with one attached hydrogen (secondary N) is 1. The Bertz CT molecular complexity index is 592. The molecule has 0 bridgehead atoms. The first kappa shape index (κ1) is 11.7. The van der Waals surface area contributed by atoms with Crippen LogP contribution in [0.25, 0.3) is 11.3 Å². The van der Waals surface area contributed by atoms with E-state index in [1.54, 1.807) is 0 Å². The van der Waals surface area contributed by atoms with E-state index in [-0.39, 0.29) is 21.6 Å². The number of hydrogen-bond acceptors (Lipinski definition) is 3. The van der Waals surface area contributed by atoms with Gasteiger partial charge in [0.05, 0.1) is 24.7 Å². The van der Waals surface area contributed by atoms with Gasteiger partial charge in [0, 0.05) is 0 Å². The van der Waals surface area contributed by atoms with Crippen molar-refractivity contribution in [3.63, 3.8) is 0 Å². The maximum Gasteiger partial charge on any atom is 0.179 e. The third kappa shape index (κ3) is 2.03. The van der Waals surface area contributed by atoms with Crippen LogP contribution in [-0.2, 0) is 0 Å². The summed E-state index contributed by atoms with van der Waals surface area (Å²) in [7, 11) is 1.36. The summed E-state index contributed by atoms with van der Waals surface area (Å²) in [5.74, 6) is -1.24. The SMILES string of the molecule is COc1c(-c2c(F)cccc2F)[nH]cnc1=S. The van der Waals surface area contributed by atoms with E-state index in [1.807, 2.05) is 0 Å². The zero-order chi connectivity index (χ0) is 12.4. The second-order valence-electron chi connectivity index (χ2n) is 3.21. The quantitative estimate of drug-likeness (QED) is 0.837. The van der Waals surface area contributed by atoms with Crippen LogP contribution in [0.3, 0.4) is 0 Å². The Hall–Kier alpha value is -1.82. The number of halogens is 2. The number of aromatic amines is 1. The number of hydrogen-bond donors (Lipinski definition) is 1. The van der Waals surface area contributed by atoms with E-state index in [1.165, 1.54) is 19.5 Å². The summed E-state index contributed by atoms with van der Waals surface area (Å²) in [5, 5.41) is 0. The minimum Gasteiger partial charge on any atom is -0.491 e. The lowest BCUT2D eigenvalue weighted by Gasteiger charge is -2.09. The smallest absolute Gasteiger partial charge is 0.179 e. The average molecular weight is 254 g/mol. The highest BCUT2D eigenvalue weighted by molar-refractivity contribution is 7.71. The first-order valence-electron chi connectivity index (χ1n) is 4.71. The van der Waals surface area contributed by atoms with Crippen molar-refractivity contribution in [2.24, 2.45) is 0 Å². The first-order chi connectivity index (χ1) is 8.15. The van der Waals surface area contributed by atoms with Gasteiger partial charge >= 0.3 is 0 Å². The fourth-order valence-electron chi connectivity index (χ4n) is 1.50. The lowest BCUT2D eigenvalue weighted by atomic mass is 10.1. The number of H-pyrrole nitrogens is 1. The summed E-state index contributed by atoms with van der Waals surface area (Å²) in [6, 6.07) is 3.61. The lowest BCUT2D eigenvalue weighted by Crippen LogP contribution is -1.98. The summed E-state index contributed by atoms with van der Waals surface area (Å²) >= 11 is 4.92. The minimum absolute atomic E-state index is 0.142. The molecule has 0 spiro atoms. The van der Waals surface area contributed by atoms with Gasteiger partial charge < -0.3 is 9.72 Å². The second kappa shape index (κ2) is 4.58. The highest BCUT2D eigenvalue weighted by Gasteiger charge is 2.16. The summed E-state index contributed by atoms with van der Waals surface area (Å²) < 4.78 is 32.4. The Morgan fingerprint density at radius 3 is 2.53 bits per heavy atom. The van der Waals surface area contributed by atoms with Crippen LogP contribution in [0.4, 0.5) is 8.78 Å². The molecule has 0 fully saturated rings. The third-order valence-electron chi connectivity index (χ3n) is 2.23. The van der Waals surface area contributed by atoms with Crippen LogP contribution in [0.1, 0.15) is 0 Å². The molecule has 0 amide bonds. The van der Waals surface area contributed by atoms with Crippen LogP contribution in [0.15, 0.2) is 24.5 Å². The van der Waals surface area contributed by atoms with Gasteiger partial charge in [-0.2, -0.15) is 0 Å². The van der Waals surface area contributed by atoms with Crippen LogP contribution < -0.4 is 4.74 Å². The molecule has 6 heteroatoms. The maximum absolute atomic E-state index is 13.6. The Labute approximate surface area is 101 Å². The van der Waals surface area contributed by atoms with Gasteiger partial charge in [-0.15, -0.1) is 0 Å². The molecule has 1 aromatic carbocycles. The van der Waals surface area contributed by atoms with Crippen molar-refractivity contribution in [2.75, 3.05) is 7.11 Å². The van der Waals surface area contributed by atoms with Gasteiger partial charge in [0.15, 0.2) is 10.4 Å². The summed E-state index contributed by atoms with van der Waals surface area (Å²) in [4.78, 5) is 6.43. The zero-order valence-electron chi connectivity index (χ0n) is 8.83. The van der Waals surface area contributed by atoms with Crippen LogP contribution in [-0.4, -0.2) is 17.1 Å². The molecule has 2 aromatic rings. The molecular weight excluding hydrogens is 246 g/mol. The van der Waals surface area contributed by atoms with E-state index in [9.17, 15) is 8.78 Å². The van der Waals surface area contributed by atoms with Gasteiger partial charge in [0.25, 0.3) is 0 Å². The highest BCUT2D eigenvalue weighted by Crippen LogP contribution is 2.31. The van der Waals surface area contributed by atoms with Crippen molar-refractivity contribution in [3.8, 4) is 17.0 Å². The van der Waals surface area contributed by atoms with Gasteiger partial charge in [-0.1, -0.05) is 18.3 Å². The Morgan fingerprint density at radius 2 is 1.94 bits per heavy atom. The molecule has 0 aliphatic carbocycles. The molecular formula is C11H8F2N2OS. The fourth-order valence-corrected chi connectivity index (χ4v) is 1.74. The number of methoxy groups -OCH3 is 1. The van der Waals surface area contributed by atoms with E-state index >= 15 is 0 Å². The van der Waals surface area contributed by atoms with Crippen molar-refractivity contribution >= 4 is 12.2 Å². The van der Waals surface area contributed by atoms with Crippen molar-refractivity contribution in [2.45, 2.75) is 0 Å². The second-order valence-corrected chi connectivity index (χ2v) is 3.60. The number of nitrogens with zero attached hydrogens (tertiary/aromatic N) is 1. The number of ether oxygens (including phenoxy) is 1.